The van der Waals surface area contributed by atoms with Crippen LogP contribution in [0.15, 0.2) is 54.6 Å². The Bertz CT molecular complexity index is 881. The molecule has 0 bridgehead atoms. The van der Waals surface area contributed by atoms with Crippen molar-refractivity contribution in [2.24, 2.45) is 0 Å². The Morgan fingerprint density at radius 2 is 1.89 bits per heavy atom. The van der Waals surface area contributed by atoms with Crippen LogP contribution in [0.5, 0.6) is 0 Å². The lowest BCUT2D eigenvalue weighted by molar-refractivity contribution is -0.0702. The van der Waals surface area contributed by atoms with Crippen LogP contribution < -0.4 is 0 Å². The molecule has 1 aromatic heterocycles. The summed E-state index contributed by atoms with van der Waals surface area (Å²) in [7, 11) is 4.12. The molecule has 2 N–H and O–H groups in total. The maximum Gasteiger partial charge on any atom is 0.204 e. The minimum Gasteiger partial charge on any atom is -0.389 e. The average molecular weight is 378 g/mol. The van der Waals surface area contributed by atoms with Gasteiger partial charge in [0.25, 0.3) is 0 Å². The van der Waals surface area contributed by atoms with E-state index in [1.165, 1.54) is 11.1 Å². The third kappa shape index (κ3) is 3.44. The number of likely N-dealkylation sites (tertiary alicyclic amines) is 1. The predicted octanol–water partition coefficient (Wildman–Crippen LogP) is 1.89. The van der Waals surface area contributed by atoms with Gasteiger partial charge < -0.3 is 5.11 Å². The highest BCUT2D eigenvalue weighted by atomic mass is 16.3. The zero-order valence-electron chi connectivity index (χ0n) is 16.3. The van der Waals surface area contributed by atoms with Crippen molar-refractivity contribution in [2.75, 3.05) is 27.2 Å². The second-order valence-corrected chi connectivity index (χ2v) is 7.62. The highest BCUT2D eigenvalue weighted by Crippen LogP contribution is 2.38. The summed E-state index contributed by atoms with van der Waals surface area (Å²) in [5.41, 5.74) is 2.97. The number of nitrogens with one attached hydrogen (secondary N) is 1. The normalized spacial score (nSPS) is 23.2. The number of aromatic amines is 1. The molecule has 2 atom stereocenters. The van der Waals surface area contributed by atoms with Crippen LogP contribution in [0.4, 0.5) is 0 Å². The first-order valence-corrected chi connectivity index (χ1v) is 9.56. The molecule has 2 aromatic carbocycles. The van der Waals surface area contributed by atoms with Gasteiger partial charge in [-0.3, -0.25) is 9.80 Å². The fraction of sp³-hybridized carbons (Fsp3) is 0.381. The topological polar surface area (TPSA) is 81.2 Å². The largest absolute Gasteiger partial charge is 0.389 e. The van der Waals surface area contributed by atoms with Crippen molar-refractivity contribution >= 4 is 0 Å². The van der Waals surface area contributed by atoms with Crippen LogP contribution in [0.25, 0.3) is 11.4 Å². The van der Waals surface area contributed by atoms with E-state index in [1.54, 1.807) is 0 Å². The van der Waals surface area contributed by atoms with Gasteiger partial charge in [-0.1, -0.05) is 54.6 Å². The third-order valence-corrected chi connectivity index (χ3v) is 5.83. The molecule has 7 heteroatoms. The summed E-state index contributed by atoms with van der Waals surface area (Å²) < 4.78 is 0. The first-order chi connectivity index (χ1) is 13.6. The fourth-order valence-electron chi connectivity index (χ4n) is 4.27. The molecule has 28 heavy (non-hydrogen) atoms. The van der Waals surface area contributed by atoms with Gasteiger partial charge in [-0.2, -0.15) is 5.21 Å². The van der Waals surface area contributed by atoms with Crippen LogP contribution in [-0.4, -0.2) is 68.8 Å². The zero-order chi connectivity index (χ0) is 19.6. The summed E-state index contributed by atoms with van der Waals surface area (Å²) in [4.78, 5) is 4.49. The smallest absolute Gasteiger partial charge is 0.204 e. The van der Waals surface area contributed by atoms with E-state index >= 15 is 0 Å². The van der Waals surface area contributed by atoms with Gasteiger partial charge in [-0.05, 0) is 36.9 Å². The number of hydrogen-bond donors (Lipinski definition) is 2. The number of benzene rings is 2. The first-order valence-electron chi connectivity index (χ1n) is 9.56. The molecule has 0 aliphatic carbocycles. The van der Waals surface area contributed by atoms with Crippen LogP contribution >= 0.6 is 0 Å². The van der Waals surface area contributed by atoms with E-state index in [4.69, 9.17) is 0 Å². The Kier molecular flexibility index (Phi) is 5.21. The van der Waals surface area contributed by atoms with E-state index in [-0.39, 0.29) is 5.54 Å². The van der Waals surface area contributed by atoms with Crippen molar-refractivity contribution in [2.45, 2.75) is 24.6 Å². The van der Waals surface area contributed by atoms with E-state index in [9.17, 15) is 5.11 Å². The Morgan fingerprint density at radius 3 is 2.50 bits per heavy atom. The van der Waals surface area contributed by atoms with Gasteiger partial charge in [-0.15, -0.1) is 10.2 Å². The molecule has 0 saturated carbocycles. The van der Waals surface area contributed by atoms with Crippen LogP contribution in [-0.2, 0) is 12.1 Å². The summed E-state index contributed by atoms with van der Waals surface area (Å²) in [5.74, 6) is 0.596. The van der Waals surface area contributed by atoms with Gasteiger partial charge in [0.1, 0.15) is 0 Å². The number of rotatable bonds is 5. The Balaban J connectivity index is 1.46. The molecular weight excluding hydrogens is 352 g/mol. The van der Waals surface area contributed by atoms with Crippen LogP contribution in [0, 0.1) is 0 Å². The Morgan fingerprint density at radius 1 is 1.14 bits per heavy atom. The minimum atomic E-state index is -0.461. The molecule has 146 valence electrons. The summed E-state index contributed by atoms with van der Waals surface area (Å²) in [5, 5.41) is 25.2. The molecule has 3 aromatic rings. The van der Waals surface area contributed by atoms with E-state index in [0.717, 1.165) is 25.1 Å². The lowest BCUT2D eigenvalue weighted by Crippen LogP contribution is -2.59. The number of hydrogen-bond acceptors (Lipinski definition) is 6. The molecule has 0 spiro atoms. The number of piperidine rings is 1. The minimum absolute atomic E-state index is 0.347. The molecule has 1 aliphatic rings. The number of aliphatic hydroxyl groups excluding tert-OH is 1. The predicted molar refractivity (Wildman–Crippen MR) is 107 cm³/mol. The molecule has 1 aliphatic heterocycles. The van der Waals surface area contributed by atoms with Crippen molar-refractivity contribution in [3.8, 4) is 11.4 Å². The first kappa shape index (κ1) is 18.7. The Hall–Kier alpha value is -2.61. The lowest BCUT2D eigenvalue weighted by atomic mass is 9.77. The standard InChI is InChI=1S/C21H26N6O/c1-26(2)21(18-6-4-3-5-7-18)12-13-27(15-19(21)28)14-16-8-10-17(11-9-16)20-22-24-25-23-20/h3-11,19,28H,12-15H2,1-2H3,(H,22,23,24,25)/t19-,21+/m1/s1. The van der Waals surface area contributed by atoms with Gasteiger partial charge in [-0.25, -0.2) is 0 Å². The van der Waals surface area contributed by atoms with Crippen molar-refractivity contribution < 1.29 is 5.11 Å². The van der Waals surface area contributed by atoms with Crippen LogP contribution in [0.3, 0.4) is 0 Å². The molecule has 7 nitrogen and oxygen atoms in total. The highest BCUT2D eigenvalue weighted by Gasteiger charge is 2.45. The zero-order valence-corrected chi connectivity index (χ0v) is 16.3. The maximum absolute atomic E-state index is 11.2. The molecule has 1 saturated heterocycles. The summed E-state index contributed by atoms with van der Waals surface area (Å²) >= 11 is 0. The maximum atomic E-state index is 11.2. The number of H-pyrrole nitrogens is 1. The number of aromatic nitrogens is 4. The van der Waals surface area contributed by atoms with E-state index in [2.05, 4.69) is 68.8 Å². The molecule has 4 rings (SSSR count). The molecule has 0 amide bonds. The van der Waals surface area contributed by atoms with Crippen molar-refractivity contribution in [3.05, 3.63) is 65.7 Å². The van der Waals surface area contributed by atoms with Crippen molar-refractivity contribution in [3.63, 3.8) is 0 Å². The molecule has 2 heterocycles. The number of nitrogens with zero attached hydrogens (tertiary/aromatic N) is 5. The molecular formula is C21H26N6O. The number of aliphatic hydroxyl groups is 1. The Labute approximate surface area is 165 Å². The van der Waals surface area contributed by atoms with Crippen molar-refractivity contribution in [1.82, 2.24) is 30.4 Å². The average Bonchev–Trinajstić information content (AvgIpc) is 3.24. The van der Waals surface area contributed by atoms with Gasteiger partial charge in [0, 0.05) is 25.2 Å². The second kappa shape index (κ2) is 7.79. The monoisotopic (exact) mass is 378 g/mol. The quantitative estimate of drug-likeness (QED) is 0.706. The van der Waals surface area contributed by atoms with Crippen LogP contribution in [0.2, 0.25) is 0 Å². The number of likely N-dealkylation sites (N-methyl/N-ethyl adjacent to an activating group) is 1. The molecule has 1 fully saturated rings. The lowest BCUT2D eigenvalue weighted by Gasteiger charge is -2.50. The summed E-state index contributed by atoms with van der Waals surface area (Å²) in [6.45, 7) is 2.37. The van der Waals surface area contributed by atoms with Gasteiger partial charge >= 0.3 is 0 Å². The van der Waals surface area contributed by atoms with E-state index in [0.29, 0.717) is 12.4 Å². The van der Waals surface area contributed by atoms with E-state index < -0.39 is 6.10 Å². The van der Waals surface area contributed by atoms with Gasteiger partial charge in [0.05, 0.1) is 11.6 Å². The van der Waals surface area contributed by atoms with Gasteiger partial charge in [0.2, 0.25) is 5.82 Å². The molecule has 0 unspecified atom stereocenters. The summed E-state index contributed by atoms with van der Waals surface area (Å²) in [6.07, 6.45) is 0.420. The highest BCUT2D eigenvalue weighted by molar-refractivity contribution is 5.54. The molecule has 0 radical (unpaired) electrons. The number of β-amino-alcohol motifs (C(OH)–C–C–N with tert-alkyl or cyclic N) is 1. The second-order valence-electron chi connectivity index (χ2n) is 7.62. The summed E-state index contributed by atoms with van der Waals surface area (Å²) in [6, 6.07) is 18.5. The third-order valence-electron chi connectivity index (χ3n) is 5.83. The van der Waals surface area contributed by atoms with Crippen LogP contribution in [0.1, 0.15) is 17.5 Å². The van der Waals surface area contributed by atoms with Crippen molar-refractivity contribution in [1.29, 1.82) is 0 Å². The SMILES string of the molecule is CN(C)[C@]1(c2ccccc2)CCN(Cc2ccc(-c3nn[nH]n3)cc2)C[C@H]1O. The van der Waals surface area contributed by atoms with Gasteiger partial charge in [0.15, 0.2) is 0 Å². The number of tetrazole rings is 1. The van der Waals surface area contributed by atoms with E-state index in [1.807, 2.05) is 30.3 Å². The fourth-order valence-corrected chi connectivity index (χ4v) is 4.27.